The molecule has 0 unspecified atom stereocenters. The summed E-state index contributed by atoms with van der Waals surface area (Å²) in [6.45, 7) is 7.61. The van der Waals surface area contributed by atoms with Crippen LogP contribution in [0.4, 0.5) is 4.39 Å². The van der Waals surface area contributed by atoms with E-state index < -0.39 is 5.54 Å². The lowest BCUT2D eigenvalue weighted by molar-refractivity contribution is -0.166. The maximum absolute atomic E-state index is 14.3. The van der Waals surface area contributed by atoms with Crippen LogP contribution in [0.1, 0.15) is 55.5 Å². The number of fused-ring (bicyclic) bond motifs is 5. The van der Waals surface area contributed by atoms with Crippen molar-refractivity contribution in [3.8, 4) is 11.5 Å². The number of hydrogen-bond donors (Lipinski definition) is 1. The lowest BCUT2D eigenvalue weighted by atomic mass is 9.76. The van der Waals surface area contributed by atoms with E-state index >= 15 is 0 Å². The first-order valence-corrected chi connectivity index (χ1v) is 14.7. The fraction of sp³-hybridized carbons (Fsp3) is 0.353. The number of para-hydroxylation sites is 1. The van der Waals surface area contributed by atoms with Gasteiger partial charge in [-0.05, 0) is 73.7 Å². The summed E-state index contributed by atoms with van der Waals surface area (Å²) in [4.78, 5) is 35.0. The van der Waals surface area contributed by atoms with Crippen LogP contribution in [0, 0.1) is 5.82 Å². The highest BCUT2D eigenvalue weighted by Crippen LogP contribution is 2.49. The SMILES string of the molecule is CCCOc1ccc([C@@H]2CN3C(=O)CN(CCc4cccc(F)c4)C(=O)[C@]3(C)c3[nH]c4ccccc4c32)cc1OCC. The minimum Gasteiger partial charge on any atom is -0.490 e. The van der Waals surface area contributed by atoms with Crippen molar-refractivity contribution < 1.29 is 23.5 Å². The molecule has 1 saturated heterocycles. The van der Waals surface area contributed by atoms with E-state index in [2.05, 4.69) is 18.0 Å². The molecule has 2 atom stereocenters. The van der Waals surface area contributed by atoms with E-state index in [1.54, 1.807) is 15.9 Å². The highest BCUT2D eigenvalue weighted by atomic mass is 19.1. The van der Waals surface area contributed by atoms with Crippen LogP contribution >= 0.6 is 0 Å². The number of carbonyl (C=O) groups excluding carboxylic acids is 2. The predicted molar refractivity (Wildman–Crippen MR) is 159 cm³/mol. The van der Waals surface area contributed by atoms with Crippen molar-refractivity contribution in [1.82, 2.24) is 14.8 Å². The summed E-state index contributed by atoms with van der Waals surface area (Å²) < 4.78 is 25.7. The smallest absolute Gasteiger partial charge is 0.254 e. The van der Waals surface area contributed by atoms with Gasteiger partial charge in [-0.2, -0.15) is 0 Å². The first-order valence-electron chi connectivity index (χ1n) is 14.7. The minimum absolute atomic E-state index is 0.0139. The molecule has 0 saturated carbocycles. The van der Waals surface area contributed by atoms with Crippen LogP contribution < -0.4 is 9.47 Å². The molecule has 4 aromatic rings. The number of halogens is 1. The van der Waals surface area contributed by atoms with Crippen LogP contribution in [-0.4, -0.2) is 59.4 Å². The quantitative estimate of drug-likeness (QED) is 0.278. The molecule has 3 heterocycles. The summed E-state index contributed by atoms with van der Waals surface area (Å²) in [6.07, 6.45) is 1.35. The maximum atomic E-state index is 14.3. The Morgan fingerprint density at radius 2 is 1.83 bits per heavy atom. The van der Waals surface area contributed by atoms with Crippen LogP contribution in [0.5, 0.6) is 11.5 Å². The molecule has 0 aliphatic carbocycles. The summed E-state index contributed by atoms with van der Waals surface area (Å²) in [7, 11) is 0. The van der Waals surface area contributed by atoms with Crippen LogP contribution in [0.25, 0.3) is 10.9 Å². The van der Waals surface area contributed by atoms with E-state index in [1.165, 1.54) is 12.1 Å². The van der Waals surface area contributed by atoms with E-state index in [0.29, 0.717) is 44.2 Å². The number of hydrogen-bond acceptors (Lipinski definition) is 4. The zero-order valence-corrected chi connectivity index (χ0v) is 24.3. The Kier molecular flexibility index (Phi) is 7.39. The van der Waals surface area contributed by atoms with Crippen molar-refractivity contribution >= 4 is 22.7 Å². The van der Waals surface area contributed by atoms with Gasteiger partial charge < -0.3 is 24.3 Å². The molecular weight excluding hydrogens is 533 g/mol. The Bertz CT molecular complexity index is 1650. The second-order valence-electron chi connectivity index (χ2n) is 11.2. The summed E-state index contributed by atoms with van der Waals surface area (Å²) in [5, 5.41) is 1.03. The molecule has 3 aromatic carbocycles. The van der Waals surface area contributed by atoms with Crippen LogP contribution in [0.15, 0.2) is 66.7 Å². The van der Waals surface area contributed by atoms with Crippen molar-refractivity contribution in [1.29, 1.82) is 0 Å². The number of amides is 2. The third kappa shape index (κ3) is 4.68. The Balaban J connectivity index is 1.42. The molecule has 0 radical (unpaired) electrons. The number of ether oxygens (including phenoxy) is 2. The van der Waals surface area contributed by atoms with E-state index in [9.17, 15) is 14.0 Å². The van der Waals surface area contributed by atoms with Crippen molar-refractivity contribution in [3.63, 3.8) is 0 Å². The Labute approximate surface area is 245 Å². The van der Waals surface area contributed by atoms with Crippen molar-refractivity contribution in [2.75, 3.05) is 32.8 Å². The molecule has 2 amide bonds. The van der Waals surface area contributed by atoms with Gasteiger partial charge in [-0.3, -0.25) is 9.59 Å². The topological polar surface area (TPSA) is 74.9 Å². The zero-order chi connectivity index (χ0) is 29.4. The van der Waals surface area contributed by atoms with Crippen molar-refractivity contribution in [3.05, 3.63) is 94.9 Å². The first-order chi connectivity index (χ1) is 20.3. The molecular formula is C34H36FN3O4. The number of H-pyrrole nitrogens is 1. The summed E-state index contributed by atoms with van der Waals surface area (Å²) in [6, 6.07) is 20.4. The third-order valence-electron chi connectivity index (χ3n) is 8.51. The molecule has 218 valence electrons. The average molecular weight is 570 g/mol. The molecule has 2 aliphatic heterocycles. The lowest BCUT2D eigenvalue weighted by Crippen LogP contribution is -2.67. The number of aromatic amines is 1. The Morgan fingerprint density at radius 1 is 1.00 bits per heavy atom. The van der Waals surface area contributed by atoms with Crippen molar-refractivity contribution in [2.24, 2.45) is 0 Å². The average Bonchev–Trinajstić information content (AvgIpc) is 3.39. The van der Waals surface area contributed by atoms with Gasteiger partial charge in [0.05, 0.1) is 25.5 Å². The number of nitrogens with one attached hydrogen (secondary N) is 1. The van der Waals surface area contributed by atoms with Gasteiger partial charge in [0.25, 0.3) is 5.91 Å². The number of carbonyl (C=O) groups is 2. The zero-order valence-electron chi connectivity index (χ0n) is 24.3. The lowest BCUT2D eigenvalue weighted by Gasteiger charge is -2.51. The Hall–Kier alpha value is -4.33. The number of benzene rings is 3. The molecule has 1 fully saturated rings. The molecule has 8 heteroatoms. The van der Waals surface area contributed by atoms with Crippen LogP contribution in [0.2, 0.25) is 0 Å². The van der Waals surface area contributed by atoms with Crippen molar-refractivity contribution in [2.45, 2.75) is 45.1 Å². The number of nitrogens with zero attached hydrogens (tertiary/aromatic N) is 2. The third-order valence-corrected chi connectivity index (χ3v) is 8.51. The first kappa shape index (κ1) is 27.8. The largest absolute Gasteiger partial charge is 0.490 e. The van der Waals surface area contributed by atoms with Crippen LogP contribution in [-0.2, 0) is 21.5 Å². The minimum atomic E-state index is -1.20. The second kappa shape index (κ2) is 11.2. The van der Waals surface area contributed by atoms with Gasteiger partial charge in [0.2, 0.25) is 5.91 Å². The van der Waals surface area contributed by atoms with E-state index in [0.717, 1.165) is 39.7 Å². The fourth-order valence-corrected chi connectivity index (χ4v) is 6.45. The highest BCUT2D eigenvalue weighted by molar-refractivity contribution is 6.01. The fourth-order valence-electron chi connectivity index (χ4n) is 6.45. The monoisotopic (exact) mass is 569 g/mol. The number of piperazine rings is 1. The van der Waals surface area contributed by atoms with E-state index in [1.807, 2.05) is 56.3 Å². The van der Waals surface area contributed by atoms with E-state index in [-0.39, 0.29) is 30.1 Å². The summed E-state index contributed by atoms with van der Waals surface area (Å²) >= 11 is 0. The molecule has 2 aliphatic rings. The van der Waals surface area contributed by atoms with E-state index in [4.69, 9.17) is 9.47 Å². The summed E-state index contributed by atoms with van der Waals surface area (Å²) in [5.41, 5.74) is 3.24. The van der Waals surface area contributed by atoms with Gasteiger partial charge >= 0.3 is 0 Å². The normalized spacial score (nSPS) is 20.0. The molecule has 7 nitrogen and oxygen atoms in total. The van der Waals surface area contributed by atoms with Gasteiger partial charge in [-0.25, -0.2) is 4.39 Å². The second-order valence-corrected chi connectivity index (χ2v) is 11.2. The standard InChI is InChI=1S/C34H36FN3O4/c1-4-17-42-28-14-13-23(19-29(28)41-5-2)26-20-38-30(39)21-37(16-15-22-9-8-10-24(35)18-22)33(40)34(38,3)32-31(26)25-11-6-7-12-27(25)36-32/h6-14,18-19,26,36H,4-5,15-17,20-21H2,1-3H3/t26-,34-/m0/s1. The molecule has 42 heavy (non-hydrogen) atoms. The van der Waals surface area contributed by atoms with Gasteiger partial charge in [0, 0.05) is 29.9 Å². The number of rotatable bonds is 9. The molecule has 1 N–H and O–H groups in total. The molecule has 0 spiro atoms. The molecule has 0 bridgehead atoms. The van der Waals surface area contributed by atoms with Gasteiger partial charge in [0.1, 0.15) is 5.82 Å². The highest BCUT2D eigenvalue weighted by Gasteiger charge is 2.56. The summed E-state index contributed by atoms with van der Waals surface area (Å²) in [5.74, 6) is 0.620. The van der Waals surface area contributed by atoms with Gasteiger partial charge in [-0.1, -0.05) is 43.3 Å². The Morgan fingerprint density at radius 3 is 2.62 bits per heavy atom. The van der Waals surface area contributed by atoms with Gasteiger partial charge in [0.15, 0.2) is 17.0 Å². The maximum Gasteiger partial charge on any atom is 0.254 e. The van der Waals surface area contributed by atoms with Gasteiger partial charge in [-0.15, -0.1) is 0 Å². The molecule has 6 rings (SSSR count). The number of aromatic nitrogens is 1. The van der Waals surface area contributed by atoms with Crippen LogP contribution in [0.3, 0.4) is 0 Å². The predicted octanol–water partition coefficient (Wildman–Crippen LogP) is 5.77. The molecule has 1 aromatic heterocycles.